The minimum absolute atomic E-state index is 0. The molecule has 1 aromatic rings. The second-order valence-electron chi connectivity index (χ2n) is 3.41. The summed E-state index contributed by atoms with van der Waals surface area (Å²) in [6.45, 7) is 1.16. The van der Waals surface area contributed by atoms with Gasteiger partial charge in [-0.3, -0.25) is 0 Å². The summed E-state index contributed by atoms with van der Waals surface area (Å²) in [4.78, 5) is 1.28. The molecule has 0 spiro atoms. The van der Waals surface area contributed by atoms with Crippen LogP contribution in [0, 0.1) is 0 Å². The van der Waals surface area contributed by atoms with Crippen molar-refractivity contribution in [2.75, 3.05) is 19.0 Å². The van der Waals surface area contributed by atoms with Gasteiger partial charge in [-0.25, -0.2) is 8.42 Å². The van der Waals surface area contributed by atoms with Gasteiger partial charge in [0.1, 0.15) is 0 Å². The SMILES string of the molecule is O=S(=O)([O-])CCCCOCCc1cccs1.[Na+]. The van der Waals surface area contributed by atoms with Gasteiger partial charge in [-0.2, -0.15) is 0 Å². The predicted octanol–water partition coefficient (Wildman–Crippen LogP) is -1.36. The van der Waals surface area contributed by atoms with Crippen molar-refractivity contribution in [3.8, 4) is 0 Å². The Morgan fingerprint density at radius 1 is 1.29 bits per heavy atom. The number of ether oxygens (including phenoxy) is 1. The molecule has 17 heavy (non-hydrogen) atoms. The van der Waals surface area contributed by atoms with Crippen LogP contribution in [0.3, 0.4) is 0 Å². The summed E-state index contributed by atoms with van der Waals surface area (Å²) in [6, 6.07) is 4.05. The van der Waals surface area contributed by atoms with Gasteiger partial charge in [0.15, 0.2) is 0 Å². The molecule has 0 aliphatic carbocycles. The average Bonchev–Trinajstić information content (AvgIpc) is 2.67. The third-order valence-electron chi connectivity index (χ3n) is 2.01. The van der Waals surface area contributed by atoms with Crippen molar-refractivity contribution >= 4 is 21.5 Å². The van der Waals surface area contributed by atoms with Crippen LogP contribution in [0.25, 0.3) is 0 Å². The molecule has 0 aliphatic heterocycles. The first-order chi connectivity index (χ1) is 7.58. The normalized spacial score (nSPS) is 11.1. The van der Waals surface area contributed by atoms with Crippen LogP contribution in [0.1, 0.15) is 17.7 Å². The molecule has 1 rings (SSSR count). The Morgan fingerprint density at radius 3 is 2.65 bits per heavy atom. The molecule has 0 aliphatic rings. The Morgan fingerprint density at radius 2 is 2.06 bits per heavy atom. The molecule has 0 fully saturated rings. The number of hydrogen-bond donors (Lipinski definition) is 0. The van der Waals surface area contributed by atoms with Gasteiger partial charge >= 0.3 is 29.6 Å². The van der Waals surface area contributed by atoms with Gasteiger partial charge in [0, 0.05) is 23.7 Å². The molecular weight excluding hydrogens is 271 g/mol. The van der Waals surface area contributed by atoms with Gasteiger partial charge in [0.2, 0.25) is 0 Å². The van der Waals surface area contributed by atoms with Crippen LogP contribution in [-0.2, 0) is 21.3 Å². The van der Waals surface area contributed by atoms with Gasteiger partial charge in [-0.1, -0.05) is 6.07 Å². The minimum Gasteiger partial charge on any atom is -0.748 e. The molecule has 7 heteroatoms. The Bertz CT molecular complexity index is 375. The fourth-order valence-corrected chi connectivity index (χ4v) is 2.46. The van der Waals surface area contributed by atoms with Crippen LogP contribution in [0.4, 0.5) is 0 Å². The molecule has 4 nitrogen and oxygen atoms in total. The van der Waals surface area contributed by atoms with E-state index in [-0.39, 0.29) is 35.3 Å². The first-order valence-electron chi connectivity index (χ1n) is 5.11. The molecule has 0 aromatic carbocycles. The molecule has 0 N–H and O–H groups in total. The van der Waals surface area contributed by atoms with E-state index in [2.05, 4.69) is 6.07 Å². The van der Waals surface area contributed by atoms with E-state index in [1.807, 2.05) is 11.4 Å². The summed E-state index contributed by atoms with van der Waals surface area (Å²) < 4.78 is 36.2. The predicted molar refractivity (Wildman–Crippen MR) is 62.6 cm³/mol. The molecule has 92 valence electrons. The second-order valence-corrected chi connectivity index (χ2v) is 5.97. The van der Waals surface area contributed by atoms with Crippen LogP contribution in [0.15, 0.2) is 17.5 Å². The number of rotatable bonds is 8. The number of thiophene rings is 1. The van der Waals surface area contributed by atoms with Crippen LogP contribution < -0.4 is 29.6 Å². The topological polar surface area (TPSA) is 66.4 Å². The van der Waals surface area contributed by atoms with Crippen molar-refractivity contribution in [3.05, 3.63) is 22.4 Å². The summed E-state index contributed by atoms with van der Waals surface area (Å²) in [5.74, 6) is -0.290. The second kappa shape index (κ2) is 9.49. The maximum Gasteiger partial charge on any atom is 1.00 e. The summed E-state index contributed by atoms with van der Waals surface area (Å²) in [5, 5.41) is 2.02. The first-order valence-corrected chi connectivity index (χ1v) is 7.57. The van der Waals surface area contributed by atoms with Crippen LogP contribution >= 0.6 is 11.3 Å². The Hall–Kier alpha value is 0.570. The number of unbranched alkanes of at least 4 members (excludes halogenated alkanes) is 1. The minimum atomic E-state index is -4.06. The maximum atomic E-state index is 10.3. The molecule has 1 aromatic heterocycles. The third-order valence-corrected chi connectivity index (χ3v) is 3.73. The zero-order chi connectivity index (χ0) is 11.9. The first kappa shape index (κ1) is 17.6. The summed E-state index contributed by atoms with van der Waals surface area (Å²) in [7, 11) is -4.06. The van der Waals surface area contributed by atoms with Crippen molar-refractivity contribution in [1.82, 2.24) is 0 Å². The Kier molecular flexibility index (Phi) is 9.81. The summed E-state index contributed by atoms with van der Waals surface area (Å²) in [5.41, 5.74) is 0. The zero-order valence-electron chi connectivity index (χ0n) is 9.92. The van der Waals surface area contributed by atoms with Crippen molar-refractivity contribution in [1.29, 1.82) is 0 Å². The molecule has 0 unspecified atom stereocenters. The fourth-order valence-electron chi connectivity index (χ4n) is 1.21. The van der Waals surface area contributed by atoms with E-state index in [0.717, 1.165) is 6.42 Å². The smallest absolute Gasteiger partial charge is 0.748 e. The molecule has 0 saturated carbocycles. The van der Waals surface area contributed by atoms with Gasteiger partial charge in [0.05, 0.1) is 16.7 Å². The van der Waals surface area contributed by atoms with Crippen molar-refractivity contribution < 1.29 is 47.3 Å². The van der Waals surface area contributed by atoms with Gasteiger partial charge in [0.25, 0.3) is 0 Å². The van der Waals surface area contributed by atoms with Gasteiger partial charge in [-0.15, -0.1) is 11.3 Å². The maximum absolute atomic E-state index is 10.3. The van der Waals surface area contributed by atoms with Crippen molar-refractivity contribution in [2.45, 2.75) is 19.3 Å². The Balaban J connectivity index is 0.00000256. The van der Waals surface area contributed by atoms with Crippen LogP contribution in [0.2, 0.25) is 0 Å². The van der Waals surface area contributed by atoms with Gasteiger partial charge in [-0.05, 0) is 24.3 Å². The van der Waals surface area contributed by atoms with Crippen LogP contribution in [-0.4, -0.2) is 31.9 Å². The van der Waals surface area contributed by atoms with E-state index in [9.17, 15) is 13.0 Å². The summed E-state index contributed by atoms with van der Waals surface area (Å²) >= 11 is 1.69. The quantitative estimate of drug-likeness (QED) is 0.336. The molecule has 0 amide bonds. The molecule has 0 atom stereocenters. The molecule has 1 heterocycles. The van der Waals surface area contributed by atoms with Gasteiger partial charge < -0.3 is 9.29 Å². The largest absolute Gasteiger partial charge is 1.00 e. The summed E-state index contributed by atoms with van der Waals surface area (Å²) in [6.07, 6.45) is 1.88. The van der Waals surface area contributed by atoms with E-state index >= 15 is 0 Å². The Labute approximate surface area is 128 Å². The standard InChI is InChI=1S/C10H16O4S2.Na/c11-16(12,13)9-2-1-6-14-7-5-10-4-3-8-15-10;/h3-4,8H,1-2,5-7,9H2,(H,11,12,13);/q;+1/p-1. The average molecular weight is 286 g/mol. The van der Waals surface area contributed by atoms with Crippen molar-refractivity contribution in [3.63, 3.8) is 0 Å². The molecule has 0 radical (unpaired) electrons. The van der Waals surface area contributed by atoms with E-state index in [4.69, 9.17) is 4.74 Å². The third kappa shape index (κ3) is 10.2. The van der Waals surface area contributed by atoms with Crippen molar-refractivity contribution in [2.24, 2.45) is 0 Å². The molecule has 0 saturated heterocycles. The monoisotopic (exact) mass is 286 g/mol. The van der Waals surface area contributed by atoms with E-state index in [0.29, 0.717) is 26.1 Å². The van der Waals surface area contributed by atoms with E-state index in [1.54, 1.807) is 11.3 Å². The molecule has 0 bridgehead atoms. The fraction of sp³-hybridized carbons (Fsp3) is 0.600. The zero-order valence-corrected chi connectivity index (χ0v) is 13.6. The number of hydrogen-bond acceptors (Lipinski definition) is 5. The van der Waals surface area contributed by atoms with E-state index < -0.39 is 10.1 Å². The van der Waals surface area contributed by atoms with E-state index in [1.165, 1.54) is 4.88 Å². The van der Waals surface area contributed by atoms with Crippen LogP contribution in [0.5, 0.6) is 0 Å². The molecular formula is C10H15NaO4S2.